The van der Waals surface area contributed by atoms with E-state index in [-0.39, 0.29) is 23.8 Å². The fourth-order valence-electron chi connectivity index (χ4n) is 2.64. The molecule has 2 aromatic heterocycles. The second-order valence-electron chi connectivity index (χ2n) is 5.81. The van der Waals surface area contributed by atoms with Crippen LogP contribution in [-0.4, -0.2) is 19.8 Å². The van der Waals surface area contributed by atoms with Gasteiger partial charge in [-0.3, -0.25) is 14.2 Å². The highest BCUT2D eigenvalue weighted by Crippen LogP contribution is 2.27. The fraction of sp³-hybridized carbons (Fsp3) is 0.0526. The lowest BCUT2D eigenvalue weighted by molar-refractivity contribution is -0.116. The molecule has 0 aliphatic carbocycles. The summed E-state index contributed by atoms with van der Waals surface area (Å²) < 4.78 is 19.0. The maximum Gasteiger partial charge on any atom is 0.273 e. The summed E-state index contributed by atoms with van der Waals surface area (Å²) in [5.41, 5.74) is 1.95. The molecular weight excluding hydrogens is 367 g/mol. The monoisotopic (exact) mass is 380 g/mol. The van der Waals surface area contributed by atoms with Crippen LogP contribution >= 0.6 is 11.5 Å². The summed E-state index contributed by atoms with van der Waals surface area (Å²) in [7, 11) is 0. The largest absolute Gasteiger partial charge is 0.325 e. The zero-order valence-electron chi connectivity index (χ0n) is 13.9. The van der Waals surface area contributed by atoms with E-state index < -0.39 is 0 Å². The number of hydrogen-bond donors (Lipinski definition) is 1. The molecular formula is C19H13FN4O2S. The minimum Gasteiger partial charge on any atom is -0.325 e. The van der Waals surface area contributed by atoms with E-state index in [1.807, 2.05) is 18.2 Å². The maximum atomic E-state index is 13.1. The number of fused-ring (bicyclic) bond motifs is 1. The number of rotatable bonds is 4. The van der Waals surface area contributed by atoms with Crippen LogP contribution in [0.25, 0.3) is 21.5 Å². The molecule has 2 aromatic carbocycles. The Kier molecular flexibility index (Phi) is 4.47. The van der Waals surface area contributed by atoms with Gasteiger partial charge in [0.1, 0.15) is 28.3 Å². The van der Waals surface area contributed by atoms with E-state index in [4.69, 9.17) is 0 Å². The van der Waals surface area contributed by atoms with Crippen molar-refractivity contribution in [3.8, 4) is 11.3 Å². The number of para-hydroxylation sites is 1. The Labute approximate surface area is 157 Å². The molecule has 0 atom stereocenters. The SMILES string of the molecule is O=C(Cn1cnc2c(-c3ccc(F)cc3)nsc2c1=O)Nc1ccccc1. The Morgan fingerprint density at radius 2 is 1.85 bits per heavy atom. The van der Waals surface area contributed by atoms with Gasteiger partial charge in [0.05, 0.1) is 6.33 Å². The van der Waals surface area contributed by atoms with Crippen molar-refractivity contribution >= 4 is 33.3 Å². The van der Waals surface area contributed by atoms with Gasteiger partial charge in [0.15, 0.2) is 0 Å². The molecule has 0 saturated heterocycles. The number of aromatic nitrogens is 3. The summed E-state index contributed by atoms with van der Waals surface area (Å²) in [4.78, 5) is 29.1. The van der Waals surface area contributed by atoms with Gasteiger partial charge in [-0.15, -0.1) is 0 Å². The minimum absolute atomic E-state index is 0.152. The summed E-state index contributed by atoms with van der Waals surface area (Å²) in [5.74, 6) is -0.675. The molecule has 0 saturated carbocycles. The third-order valence-corrected chi connectivity index (χ3v) is 4.76. The molecule has 27 heavy (non-hydrogen) atoms. The van der Waals surface area contributed by atoms with Crippen LogP contribution in [0.15, 0.2) is 65.7 Å². The number of amides is 1. The van der Waals surface area contributed by atoms with Crippen LogP contribution in [0.4, 0.5) is 10.1 Å². The van der Waals surface area contributed by atoms with Gasteiger partial charge < -0.3 is 5.32 Å². The number of carbonyl (C=O) groups excluding carboxylic acids is 1. The third kappa shape index (κ3) is 3.47. The summed E-state index contributed by atoms with van der Waals surface area (Å²) in [6.45, 7) is -0.152. The Bertz CT molecular complexity index is 1170. The number of nitrogens with zero attached hydrogens (tertiary/aromatic N) is 3. The van der Waals surface area contributed by atoms with Crippen molar-refractivity contribution in [1.29, 1.82) is 0 Å². The molecule has 0 aliphatic heterocycles. The number of nitrogens with one attached hydrogen (secondary N) is 1. The predicted octanol–water partition coefficient (Wildman–Crippen LogP) is 3.30. The lowest BCUT2D eigenvalue weighted by Crippen LogP contribution is -2.27. The van der Waals surface area contributed by atoms with Crippen molar-refractivity contribution in [2.24, 2.45) is 0 Å². The quantitative estimate of drug-likeness (QED) is 0.589. The van der Waals surface area contributed by atoms with Gasteiger partial charge in [-0.05, 0) is 47.9 Å². The molecule has 1 amide bonds. The topological polar surface area (TPSA) is 76.9 Å². The Morgan fingerprint density at radius 3 is 2.59 bits per heavy atom. The zero-order chi connectivity index (χ0) is 18.8. The van der Waals surface area contributed by atoms with Crippen LogP contribution in [-0.2, 0) is 11.3 Å². The molecule has 1 N–H and O–H groups in total. The average Bonchev–Trinajstić information content (AvgIpc) is 3.10. The number of halogens is 1. The van der Waals surface area contributed by atoms with E-state index in [0.717, 1.165) is 11.5 Å². The van der Waals surface area contributed by atoms with E-state index in [1.54, 1.807) is 24.3 Å². The first-order valence-corrected chi connectivity index (χ1v) is 8.85. The Hall–Kier alpha value is -3.39. The van der Waals surface area contributed by atoms with Crippen LogP contribution in [0.1, 0.15) is 0 Å². The molecule has 0 aliphatic rings. The molecule has 4 aromatic rings. The fourth-order valence-corrected chi connectivity index (χ4v) is 3.45. The predicted molar refractivity (Wildman–Crippen MR) is 102 cm³/mol. The average molecular weight is 380 g/mol. The van der Waals surface area contributed by atoms with Crippen molar-refractivity contribution in [3.05, 3.63) is 77.1 Å². The molecule has 0 fully saturated rings. The van der Waals surface area contributed by atoms with Gasteiger partial charge in [0, 0.05) is 11.3 Å². The summed E-state index contributed by atoms with van der Waals surface area (Å²) >= 11 is 1.01. The highest BCUT2D eigenvalue weighted by atomic mass is 32.1. The Morgan fingerprint density at radius 1 is 1.11 bits per heavy atom. The second kappa shape index (κ2) is 7.08. The number of anilines is 1. The van der Waals surface area contributed by atoms with Crippen LogP contribution < -0.4 is 10.9 Å². The molecule has 0 bridgehead atoms. The van der Waals surface area contributed by atoms with Crippen molar-refractivity contribution in [1.82, 2.24) is 13.9 Å². The molecule has 4 rings (SSSR count). The maximum absolute atomic E-state index is 13.1. The molecule has 6 nitrogen and oxygen atoms in total. The van der Waals surface area contributed by atoms with Crippen LogP contribution in [0.3, 0.4) is 0 Å². The normalized spacial score (nSPS) is 10.9. The lowest BCUT2D eigenvalue weighted by Gasteiger charge is -2.07. The zero-order valence-corrected chi connectivity index (χ0v) is 14.7. The van der Waals surface area contributed by atoms with E-state index in [1.165, 1.54) is 23.0 Å². The summed E-state index contributed by atoms with van der Waals surface area (Å²) in [5, 5.41) is 2.73. The second-order valence-corrected chi connectivity index (χ2v) is 6.58. The Balaban J connectivity index is 1.62. The van der Waals surface area contributed by atoms with Gasteiger partial charge in [-0.1, -0.05) is 18.2 Å². The van der Waals surface area contributed by atoms with Crippen LogP contribution in [0.5, 0.6) is 0 Å². The molecule has 2 heterocycles. The van der Waals surface area contributed by atoms with Gasteiger partial charge in [0.2, 0.25) is 5.91 Å². The van der Waals surface area contributed by atoms with Crippen LogP contribution in [0.2, 0.25) is 0 Å². The smallest absolute Gasteiger partial charge is 0.273 e. The van der Waals surface area contributed by atoms with E-state index >= 15 is 0 Å². The van der Waals surface area contributed by atoms with Crippen molar-refractivity contribution < 1.29 is 9.18 Å². The minimum atomic E-state index is -0.349. The first-order chi connectivity index (χ1) is 13.1. The molecule has 0 spiro atoms. The van der Waals surface area contributed by atoms with E-state index in [2.05, 4.69) is 14.7 Å². The highest BCUT2D eigenvalue weighted by Gasteiger charge is 2.15. The van der Waals surface area contributed by atoms with Gasteiger partial charge in [-0.25, -0.2) is 9.37 Å². The van der Waals surface area contributed by atoms with E-state index in [9.17, 15) is 14.0 Å². The lowest BCUT2D eigenvalue weighted by atomic mass is 10.1. The van der Waals surface area contributed by atoms with Gasteiger partial charge in [-0.2, -0.15) is 4.37 Å². The molecule has 134 valence electrons. The van der Waals surface area contributed by atoms with Gasteiger partial charge in [0.25, 0.3) is 5.56 Å². The standard InChI is InChI=1S/C19H13FN4O2S/c20-13-8-6-12(7-9-13)16-17-18(27-23-16)19(26)24(11-21-17)10-15(25)22-14-4-2-1-3-5-14/h1-9,11H,10H2,(H,22,25). The first-order valence-electron chi connectivity index (χ1n) is 8.07. The first kappa shape index (κ1) is 17.0. The summed E-state index contributed by atoms with van der Waals surface area (Å²) in [6.07, 6.45) is 1.33. The third-order valence-electron chi connectivity index (χ3n) is 3.94. The number of benzene rings is 2. The molecule has 8 heteroatoms. The van der Waals surface area contributed by atoms with Crippen LogP contribution in [0, 0.1) is 5.82 Å². The van der Waals surface area contributed by atoms with Gasteiger partial charge >= 0.3 is 0 Å². The van der Waals surface area contributed by atoms with Crippen molar-refractivity contribution in [3.63, 3.8) is 0 Å². The summed E-state index contributed by atoms with van der Waals surface area (Å²) in [6, 6.07) is 14.8. The molecule has 0 radical (unpaired) electrons. The number of hydrogen-bond acceptors (Lipinski definition) is 5. The van der Waals surface area contributed by atoms with Crippen molar-refractivity contribution in [2.45, 2.75) is 6.54 Å². The highest BCUT2D eigenvalue weighted by molar-refractivity contribution is 7.13. The van der Waals surface area contributed by atoms with Crippen molar-refractivity contribution in [2.75, 3.05) is 5.32 Å². The van der Waals surface area contributed by atoms with E-state index in [0.29, 0.717) is 27.2 Å². The number of carbonyl (C=O) groups is 1. The molecule has 0 unspecified atom stereocenters.